The molecule has 0 radical (unpaired) electrons. The van der Waals surface area contributed by atoms with Crippen molar-refractivity contribution in [3.05, 3.63) is 97.2 Å². The summed E-state index contributed by atoms with van der Waals surface area (Å²) >= 11 is 0. The summed E-state index contributed by atoms with van der Waals surface area (Å²) in [6, 6.07) is 0. The number of allylic oxidation sites excluding steroid dienone is 7. The molecular formula is C35H59N3O2. The van der Waals surface area contributed by atoms with Crippen LogP contribution in [0.4, 0.5) is 0 Å². The summed E-state index contributed by atoms with van der Waals surface area (Å²) < 4.78 is 11.1. The van der Waals surface area contributed by atoms with Crippen molar-refractivity contribution in [2.24, 2.45) is 9.98 Å². The van der Waals surface area contributed by atoms with Crippen LogP contribution in [0.25, 0.3) is 0 Å². The van der Waals surface area contributed by atoms with Crippen LogP contribution < -0.4 is 0 Å². The number of aliphatic imine (C=N–C) groups is 2. The third-order valence-electron chi connectivity index (χ3n) is 5.88. The fourth-order valence-corrected chi connectivity index (χ4v) is 3.07. The molecule has 0 bridgehead atoms. The van der Waals surface area contributed by atoms with Crippen LogP contribution in [0.1, 0.15) is 82.6 Å². The molecule has 1 aliphatic rings. The largest absolute Gasteiger partial charge is 0.468 e. The van der Waals surface area contributed by atoms with Crippen LogP contribution >= 0.6 is 0 Å². The van der Waals surface area contributed by atoms with Gasteiger partial charge in [-0.2, -0.15) is 0 Å². The predicted molar refractivity (Wildman–Crippen MR) is 181 cm³/mol. The Bertz CT molecular complexity index is 944. The van der Waals surface area contributed by atoms with Gasteiger partial charge in [0.15, 0.2) is 0 Å². The van der Waals surface area contributed by atoms with E-state index >= 15 is 0 Å². The Labute approximate surface area is 247 Å². The molecule has 226 valence electrons. The molecule has 1 rings (SSSR count). The van der Waals surface area contributed by atoms with E-state index in [2.05, 4.69) is 61.6 Å². The molecule has 0 saturated carbocycles. The first-order valence-electron chi connectivity index (χ1n) is 14.1. The summed E-state index contributed by atoms with van der Waals surface area (Å²) in [4.78, 5) is 10.9. The molecule has 5 nitrogen and oxygen atoms in total. The second kappa shape index (κ2) is 24.8. The summed E-state index contributed by atoms with van der Waals surface area (Å²) in [6.45, 7) is 44.2. The van der Waals surface area contributed by atoms with E-state index in [-0.39, 0.29) is 5.60 Å². The number of hydrogen-bond acceptors (Lipinski definition) is 4. The quantitative estimate of drug-likeness (QED) is 0.0841. The molecule has 1 fully saturated rings. The predicted octanol–water partition coefficient (Wildman–Crippen LogP) is 9.80. The van der Waals surface area contributed by atoms with Gasteiger partial charge in [0.1, 0.15) is 5.84 Å². The van der Waals surface area contributed by atoms with Gasteiger partial charge in [0.05, 0.1) is 36.0 Å². The highest BCUT2D eigenvalue weighted by Gasteiger charge is 2.36. The lowest BCUT2D eigenvalue weighted by molar-refractivity contribution is 0.0319. The maximum Gasteiger partial charge on any atom is 0.102 e. The molecule has 0 aliphatic carbocycles. The Hall–Kier alpha value is -3.18. The number of nitrogens with zero attached hydrogens (tertiary/aromatic N) is 3. The lowest BCUT2D eigenvalue weighted by atomic mass is 9.91. The Morgan fingerprint density at radius 1 is 1.07 bits per heavy atom. The highest BCUT2D eigenvalue weighted by atomic mass is 16.5. The van der Waals surface area contributed by atoms with Gasteiger partial charge in [-0.25, -0.2) is 4.99 Å². The lowest BCUT2D eigenvalue weighted by Crippen LogP contribution is -2.36. The molecule has 1 atom stereocenters. The SMILES string of the molecule is C/C=C\C.C=C1COC(C)(CCN(CC)C(C)=NC(=C)/C(C)=C\C)C1=C.C=CC=NC/C=C(/C)OC(=C)C.CC. The molecule has 1 unspecified atom stereocenters. The van der Waals surface area contributed by atoms with Gasteiger partial charge in [0.25, 0.3) is 0 Å². The topological polar surface area (TPSA) is 46.4 Å². The van der Waals surface area contributed by atoms with E-state index in [9.17, 15) is 0 Å². The number of amidine groups is 1. The van der Waals surface area contributed by atoms with Crippen molar-refractivity contribution in [2.45, 2.75) is 88.2 Å². The second-order valence-electron chi connectivity index (χ2n) is 9.04. The number of rotatable bonds is 11. The van der Waals surface area contributed by atoms with Gasteiger partial charge in [-0.15, -0.1) is 0 Å². The van der Waals surface area contributed by atoms with E-state index in [4.69, 9.17) is 9.47 Å². The van der Waals surface area contributed by atoms with Crippen molar-refractivity contribution < 1.29 is 9.47 Å². The van der Waals surface area contributed by atoms with Crippen LogP contribution in [0.3, 0.4) is 0 Å². The van der Waals surface area contributed by atoms with Crippen molar-refractivity contribution in [2.75, 3.05) is 26.2 Å². The van der Waals surface area contributed by atoms with E-state index in [1.165, 1.54) is 0 Å². The summed E-state index contributed by atoms with van der Waals surface area (Å²) in [6.07, 6.45) is 12.1. The molecule has 0 aromatic carbocycles. The zero-order chi connectivity index (χ0) is 31.7. The third kappa shape index (κ3) is 19.0. The molecule has 0 spiro atoms. The van der Waals surface area contributed by atoms with Crippen molar-refractivity contribution >= 4 is 12.1 Å². The average molecular weight is 554 g/mol. The Balaban J connectivity index is -0.000000638. The van der Waals surface area contributed by atoms with Crippen LogP contribution in [0, 0.1) is 0 Å². The van der Waals surface area contributed by atoms with Crippen molar-refractivity contribution in [3.8, 4) is 0 Å². The standard InChI is InChI=1S/C19H30N2O.C10H15NO.C4H8.C2H6/c1-9-14(3)17(6)20-18(7)21(10-2)12-11-19(8)16(5)15(4)13-22-19;1-5-7-11-8-6-10(4)12-9(2)3;1-3-4-2;1-2/h9H,4-6,10-13H2,1-3,7-8H3;5-7H,1-2,8H2,3-4H3;3-4H,1-2H3;1-2H3/b14-9-,20-18?;10-6-,11-7?;4-3-;. The first-order chi connectivity index (χ1) is 18.8. The minimum absolute atomic E-state index is 0.305. The van der Waals surface area contributed by atoms with Crippen molar-refractivity contribution in [3.63, 3.8) is 0 Å². The first kappa shape index (κ1) is 41.3. The van der Waals surface area contributed by atoms with Crippen LogP contribution in [-0.4, -0.2) is 48.8 Å². The highest BCUT2D eigenvalue weighted by molar-refractivity contribution is 5.81. The van der Waals surface area contributed by atoms with Crippen LogP contribution in [0.5, 0.6) is 0 Å². The minimum atomic E-state index is -0.305. The Kier molecular flexibility index (Phi) is 25.6. The molecule has 0 aromatic rings. The average Bonchev–Trinajstić information content (AvgIpc) is 3.19. The maximum atomic E-state index is 5.88. The van der Waals surface area contributed by atoms with Crippen LogP contribution in [-0.2, 0) is 9.47 Å². The van der Waals surface area contributed by atoms with Crippen molar-refractivity contribution in [1.82, 2.24) is 4.90 Å². The lowest BCUT2D eigenvalue weighted by Gasteiger charge is -2.30. The maximum absolute atomic E-state index is 5.88. The normalized spacial score (nSPS) is 17.3. The summed E-state index contributed by atoms with van der Waals surface area (Å²) in [5, 5.41) is 0. The molecule has 1 heterocycles. The van der Waals surface area contributed by atoms with E-state index in [1.807, 2.05) is 86.6 Å². The molecule has 0 aromatic heterocycles. The van der Waals surface area contributed by atoms with E-state index < -0.39 is 0 Å². The zero-order valence-corrected chi connectivity index (χ0v) is 27.7. The molecule has 0 N–H and O–H groups in total. The molecule has 5 heteroatoms. The summed E-state index contributed by atoms with van der Waals surface area (Å²) in [5.74, 6) is 2.50. The van der Waals surface area contributed by atoms with Crippen LogP contribution in [0.2, 0.25) is 0 Å². The number of ether oxygens (including phenoxy) is 2. The van der Waals surface area contributed by atoms with Gasteiger partial charge in [-0.1, -0.05) is 71.0 Å². The van der Waals surface area contributed by atoms with Crippen LogP contribution in [0.15, 0.2) is 107 Å². The van der Waals surface area contributed by atoms with Gasteiger partial charge in [-0.3, -0.25) is 4.99 Å². The van der Waals surface area contributed by atoms with Crippen molar-refractivity contribution in [1.29, 1.82) is 0 Å². The Morgan fingerprint density at radius 3 is 2.05 bits per heavy atom. The molecular weight excluding hydrogens is 494 g/mol. The van der Waals surface area contributed by atoms with Gasteiger partial charge < -0.3 is 14.4 Å². The fourth-order valence-electron chi connectivity index (χ4n) is 3.07. The summed E-state index contributed by atoms with van der Waals surface area (Å²) in [7, 11) is 0. The molecule has 1 saturated heterocycles. The van der Waals surface area contributed by atoms with E-state index in [0.29, 0.717) is 18.9 Å². The highest BCUT2D eigenvalue weighted by Crippen LogP contribution is 2.35. The molecule has 1 aliphatic heterocycles. The smallest absolute Gasteiger partial charge is 0.102 e. The van der Waals surface area contributed by atoms with Gasteiger partial charge in [-0.05, 0) is 91.5 Å². The van der Waals surface area contributed by atoms with Gasteiger partial charge >= 0.3 is 0 Å². The van der Waals surface area contributed by atoms with Gasteiger partial charge in [0, 0.05) is 19.3 Å². The van der Waals surface area contributed by atoms with E-state index in [1.54, 1.807) is 12.3 Å². The number of hydrogen-bond donors (Lipinski definition) is 0. The monoisotopic (exact) mass is 553 g/mol. The zero-order valence-electron chi connectivity index (χ0n) is 27.7. The molecule has 40 heavy (non-hydrogen) atoms. The Morgan fingerprint density at radius 2 is 1.65 bits per heavy atom. The third-order valence-corrected chi connectivity index (χ3v) is 5.88. The second-order valence-corrected chi connectivity index (χ2v) is 9.04. The molecule has 0 amide bonds. The minimum Gasteiger partial charge on any atom is -0.468 e. The fraction of sp³-hybridized carbons (Fsp3) is 0.486. The summed E-state index contributed by atoms with van der Waals surface area (Å²) in [5.41, 5.74) is 3.65. The first-order valence-corrected chi connectivity index (χ1v) is 14.1. The van der Waals surface area contributed by atoms with Gasteiger partial charge in [0.2, 0.25) is 0 Å². The van der Waals surface area contributed by atoms with E-state index in [0.717, 1.165) is 53.5 Å².